The van der Waals surface area contributed by atoms with Crippen molar-refractivity contribution >= 4 is 17.6 Å². The first kappa shape index (κ1) is 16.1. The number of hydrogen-bond acceptors (Lipinski definition) is 3. The zero-order valence-electron chi connectivity index (χ0n) is 14.2. The summed E-state index contributed by atoms with van der Waals surface area (Å²) < 4.78 is 1.64. The lowest BCUT2D eigenvalue weighted by molar-refractivity contribution is -0.141. The predicted octanol–water partition coefficient (Wildman–Crippen LogP) is 2.32. The molecule has 1 aliphatic heterocycles. The van der Waals surface area contributed by atoms with Gasteiger partial charge in [-0.25, -0.2) is 0 Å². The Morgan fingerprint density at radius 1 is 1.27 bits per heavy atom. The molecule has 4 rings (SSSR count). The molecule has 26 heavy (non-hydrogen) atoms. The van der Waals surface area contributed by atoms with Gasteiger partial charge in [0, 0.05) is 31.9 Å². The summed E-state index contributed by atoms with van der Waals surface area (Å²) in [5, 5.41) is 13.6. The van der Waals surface area contributed by atoms with Gasteiger partial charge in [-0.1, -0.05) is 30.3 Å². The molecule has 0 bridgehead atoms. The van der Waals surface area contributed by atoms with Crippen LogP contribution in [0.25, 0.3) is 11.3 Å². The van der Waals surface area contributed by atoms with E-state index < -0.39 is 11.9 Å². The van der Waals surface area contributed by atoms with Crippen molar-refractivity contribution in [2.24, 2.45) is 13.0 Å². The number of amides is 1. The first-order valence-electron chi connectivity index (χ1n) is 8.34. The first-order valence-corrected chi connectivity index (χ1v) is 8.34. The second kappa shape index (κ2) is 6.18. The average molecular weight is 350 g/mol. The maximum absolute atomic E-state index is 13.1. The molecule has 7 nitrogen and oxygen atoms in total. The SMILES string of the molecule is Cn1ncc2c1CC(C(=O)O)CN2C(=O)c1c[nH]c(-c2ccccc2)c1. The zero-order valence-corrected chi connectivity index (χ0v) is 14.2. The number of benzene rings is 1. The van der Waals surface area contributed by atoms with E-state index in [9.17, 15) is 14.7 Å². The Hall–Kier alpha value is -3.35. The molecule has 1 unspecified atom stereocenters. The number of carbonyl (C=O) groups excluding carboxylic acids is 1. The van der Waals surface area contributed by atoms with Gasteiger partial charge in [0.15, 0.2) is 0 Å². The summed E-state index contributed by atoms with van der Waals surface area (Å²) in [6.45, 7) is 0.138. The monoisotopic (exact) mass is 350 g/mol. The smallest absolute Gasteiger partial charge is 0.308 e. The van der Waals surface area contributed by atoms with E-state index in [0.717, 1.165) is 17.0 Å². The molecule has 0 saturated heterocycles. The highest BCUT2D eigenvalue weighted by Crippen LogP contribution is 2.31. The maximum atomic E-state index is 13.1. The number of rotatable bonds is 3. The van der Waals surface area contributed by atoms with Crippen molar-refractivity contribution in [1.29, 1.82) is 0 Å². The molecular formula is C19H18N4O3. The van der Waals surface area contributed by atoms with Crippen molar-refractivity contribution in [1.82, 2.24) is 14.8 Å². The van der Waals surface area contributed by atoms with Crippen molar-refractivity contribution in [3.8, 4) is 11.3 Å². The standard InChI is InChI=1S/C19H18N4O3/c1-22-16-8-14(19(25)26)11-23(17(16)10-21-22)18(24)13-7-15(20-9-13)12-5-3-2-4-6-12/h2-7,9-10,14,20H,8,11H2,1H3,(H,25,26). The zero-order chi connectivity index (χ0) is 18.3. The number of fused-ring (bicyclic) bond motifs is 1. The fraction of sp³-hybridized carbons (Fsp3) is 0.211. The molecule has 0 saturated carbocycles. The molecule has 2 N–H and O–H groups in total. The van der Waals surface area contributed by atoms with Crippen molar-refractivity contribution in [2.45, 2.75) is 6.42 Å². The molecule has 132 valence electrons. The number of aromatic nitrogens is 3. The lowest BCUT2D eigenvalue weighted by Gasteiger charge is -2.30. The molecule has 1 amide bonds. The van der Waals surface area contributed by atoms with E-state index in [2.05, 4.69) is 10.1 Å². The van der Waals surface area contributed by atoms with Gasteiger partial charge >= 0.3 is 5.97 Å². The molecular weight excluding hydrogens is 332 g/mol. The number of hydrogen-bond donors (Lipinski definition) is 2. The van der Waals surface area contributed by atoms with Crippen molar-refractivity contribution in [3.05, 3.63) is 60.0 Å². The van der Waals surface area contributed by atoms with Crippen molar-refractivity contribution in [3.63, 3.8) is 0 Å². The molecule has 3 aromatic rings. The van der Waals surface area contributed by atoms with Gasteiger partial charge in [-0.05, 0) is 11.6 Å². The number of carboxylic acids is 1. The number of H-pyrrole nitrogens is 1. The summed E-state index contributed by atoms with van der Waals surface area (Å²) in [5.74, 6) is -1.79. The molecule has 3 heterocycles. The van der Waals surface area contributed by atoms with Gasteiger partial charge < -0.3 is 15.0 Å². The van der Waals surface area contributed by atoms with Gasteiger partial charge in [0.1, 0.15) is 0 Å². The van der Waals surface area contributed by atoms with E-state index in [4.69, 9.17) is 0 Å². The highest BCUT2D eigenvalue weighted by Gasteiger charge is 2.35. The fourth-order valence-electron chi connectivity index (χ4n) is 3.35. The second-order valence-electron chi connectivity index (χ2n) is 6.42. The number of nitrogens with one attached hydrogen (secondary N) is 1. The molecule has 0 spiro atoms. The average Bonchev–Trinajstić information content (AvgIpc) is 3.29. The summed E-state index contributed by atoms with van der Waals surface area (Å²) in [6, 6.07) is 11.5. The number of anilines is 1. The topological polar surface area (TPSA) is 91.2 Å². The third-order valence-electron chi connectivity index (χ3n) is 4.78. The minimum absolute atomic E-state index is 0.138. The van der Waals surface area contributed by atoms with Gasteiger partial charge in [0.25, 0.3) is 5.91 Å². The summed E-state index contributed by atoms with van der Waals surface area (Å²) in [4.78, 5) is 29.2. The summed E-state index contributed by atoms with van der Waals surface area (Å²) in [6.07, 6.45) is 3.65. The Morgan fingerprint density at radius 3 is 2.77 bits per heavy atom. The van der Waals surface area contributed by atoms with Crippen LogP contribution in [0, 0.1) is 5.92 Å². The van der Waals surface area contributed by atoms with Gasteiger partial charge in [-0.3, -0.25) is 14.3 Å². The van der Waals surface area contributed by atoms with Crippen LogP contribution < -0.4 is 4.90 Å². The van der Waals surface area contributed by atoms with E-state index in [-0.39, 0.29) is 12.5 Å². The molecule has 0 radical (unpaired) electrons. The van der Waals surface area contributed by atoms with Gasteiger partial charge in [-0.15, -0.1) is 0 Å². The second-order valence-corrected chi connectivity index (χ2v) is 6.42. The highest BCUT2D eigenvalue weighted by atomic mass is 16.4. The van der Waals surface area contributed by atoms with Crippen LogP contribution in [0.2, 0.25) is 0 Å². The molecule has 2 aromatic heterocycles. The van der Waals surface area contributed by atoms with Gasteiger partial charge in [0.2, 0.25) is 0 Å². The number of carbonyl (C=O) groups is 2. The van der Waals surface area contributed by atoms with E-state index in [1.165, 1.54) is 4.90 Å². The third kappa shape index (κ3) is 2.67. The fourth-order valence-corrected chi connectivity index (χ4v) is 3.35. The normalized spacial score (nSPS) is 16.3. The molecule has 0 aliphatic carbocycles. The van der Waals surface area contributed by atoms with E-state index in [1.807, 2.05) is 30.3 Å². The van der Waals surface area contributed by atoms with Crippen LogP contribution in [-0.2, 0) is 18.3 Å². The van der Waals surface area contributed by atoms with Crippen LogP contribution in [0.3, 0.4) is 0 Å². The Labute approximate surface area is 149 Å². The minimum Gasteiger partial charge on any atom is -0.481 e. The molecule has 1 aromatic carbocycles. The van der Waals surface area contributed by atoms with Crippen LogP contribution in [0.15, 0.2) is 48.8 Å². The quantitative estimate of drug-likeness (QED) is 0.758. The molecule has 7 heteroatoms. The van der Waals surface area contributed by atoms with Crippen LogP contribution in [0.5, 0.6) is 0 Å². The minimum atomic E-state index is -0.909. The van der Waals surface area contributed by atoms with Crippen LogP contribution in [0.1, 0.15) is 16.1 Å². The van der Waals surface area contributed by atoms with Gasteiger partial charge in [-0.2, -0.15) is 5.10 Å². The maximum Gasteiger partial charge on any atom is 0.308 e. The van der Waals surface area contributed by atoms with Gasteiger partial charge in [0.05, 0.1) is 29.1 Å². The number of aryl methyl sites for hydroxylation is 1. The number of aromatic amines is 1. The van der Waals surface area contributed by atoms with E-state index in [0.29, 0.717) is 17.7 Å². The molecule has 1 atom stereocenters. The summed E-state index contributed by atoms with van der Waals surface area (Å²) >= 11 is 0. The predicted molar refractivity (Wildman–Crippen MR) is 95.9 cm³/mol. The van der Waals surface area contributed by atoms with Crippen LogP contribution in [0.4, 0.5) is 5.69 Å². The number of aliphatic carboxylic acids is 1. The Bertz CT molecular complexity index is 974. The molecule has 1 aliphatic rings. The lowest BCUT2D eigenvalue weighted by atomic mass is 9.96. The lowest BCUT2D eigenvalue weighted by Crippen LogP contribution is -2.42. The Balaban J connectivity index is 1.67. The Kier molecular flexibility index (Phi) is 3.84. The number of carboxylic acid groups (broad SMARTS) is 1. The first-order chi connectivity index (χ1) is 12.5. The summed E-state index contributed by atoms with van der Waals surface area (Å²) in [7, 11) is 1.76. The molecule has 0 fully saturated rings. The third-order valence-corrected chi connectivity index (χ3v) is 4.78. The summed E-state index contributed by atoms with van der Waals surface area (Å²) in [5.41, 5.74) is 3.75. The van der Waals surface area contributed by atoms with Crippen molar-refractivity contribution in [2.75, 3.05) is 11.4 Å². The van der Waals surface area contributed by atoms with Crippen LogP contribution >= 0.6 is 0 Å². The largest absolute Gasteiger partial charge is 0.481 e. The number of nitrogens with zero attached hydrogens (tertiary/aromatic N) is 3. The van der Waals surface area contributed by atoms with Crippen molar-refractivity contribution < 1.29 is 14.7 Å². The highest BCUT2D eigenvalue weighted by molar-refractivity contribution is 6.07. The van der Waals surface area contributed by atoms with E-state index >= 15 is 0 Å². The van der Waals surface area contributed by atoms with Crippen LogP contribution in [-0.4, -0.2) is 38.3 Å². The van der Waals surface area contributed by atoms with E-state index in [1.54, 1.807) is 30.2 Å². The Morgan fingerprint density at radius 2 is 2.04 bits per heavy atom.